The van der Waals surface area contributed by atoms with Crippen molar-refractivity contribution >= 4 is 34.7 Å². The SMILES string of the molecule is CC(=O)N[C@H](C(=O)N1C[C@H](O)C[C@H]1C(=O)N[C@@H](C)c1ccc(-c2scnc2C)cc1NC(C)C)C(C)(C)C. The third-order valence-electron chi connectivity index (χ3n) is 6.66. The van der Waals surface area contributed by atoms with Crippen molar-refractivity contribution in [3.05, 3.63) is 35.0 Å². The molecule has 0 bridgehead atoms. The zero-order valence-electron chi connectivity index (χ0n) is 23.6. The van der Waals surface area contributed by atoms with Gasteiger partial charge in [0.25, 0.3) is 0 Å². The number of β-amino-alcohol motifs (C(OH)–C–C–N with tert-alkyl or cyclic N) is 1. The molecule has 3 amide bonds. The Labute approximate surface area is 229 Å². The van der Waals surface area contributed by atoms with E-state index in [-0.39, 0.29) is 42.8 Å². The number of aliphatic hydroxyl groups excluding tert-OH is 1. The fourth-order valence-electron chi connectivity index (χ4n) is 4.80. The van der Waals surface area contributed by atoms with Crippen LogP contribution in [0.1, 0.15) is 72.2 Å². The molecule has 208 valence electrons. The highest BCUT2D eigenvalue weighted by Crippen LogP contribution is 2.34. The first-order valence-corrected chi connectivity index (χ1v) is 13.9. The van der Waals surface area contributed by atoms with Crippen LogP contribution in [-0.4, -0.2) is 63.5 Å². The Morgan fingerprint density at radius 3 is 2.39 bits per heavy atom. The molecule has 0 radical (unpaired) electrons. The highest BCUT2D eigenvalue weighted by molar-refractivity contribution is 7.13. The number of nitrogens with zero attached hydrogens (tertiary/aromatic N) is 2. The summed E-state index contributed by atoms with van der Waals surface area (Å²) in [4.78, 5) is 45.7. The number of amides is 3. The molecular weight excluding hydrogens is 502 g/mol. The lowest BCUT2D eigenvalue weighted by atomic mass is 9.85. The quantitative estimate of drug-likeness (QED) is 0.403. The number of benzene rings is 1. The molecule has 0 unspecified atom stereocenters. The Morgan fingerprint density at radius 2 is 1.84 bits per heavy atom. The molecule has 4 atom stereocenters. The Bertz CT molecular complexity index is 1170. The number of rotatable bonds is 8. The number of carbonyl (C=O) groups is 3. The predicted octanol–water partition coefficient (Wildman–Crippen LogP) is 3.63. The molecular formula is C28H41N5O4S. The first kappa shape index (κ1) is 29.6. The van der Waals surface area contributed by atoms with Gasteiger partial charge in [-0.05, 0) is 50.3 Å². The summed E-state index contributed by atoms with van der Waals surface area (Å²) in [7, 11) is 0. The third-order valence-corrected chi connectivity index (χ3v) is 7.63. The largest absolute Gasteiger partial charge is 0.391 e. The highest BCUT2D eigenvalue weighted by atomic mass is 32.1. The van der Waals surface area contributed by atoms with Crippen LogP contribution in [-0.2, 0) is 14.4 Å². The number of anilines is 1. The second kappa shape index (κ2) is 11.8. The molecule has 1 aliphatic rings. The van der Waals surface area contributed by atoms with Crippen molar-refractivity contribution in [1.29, 1.82) is 0 Å². The van der Waals surface area contributed by atoms with Gasteiger partial charge in [0.2, 0.25) is 17.7 Å². The maximum atomic E-state index is 13.5. The average Bonchev–Trinajstić information content (AvgIpc) is 3.41. The number of nitrogens with one attached hydrogen (secondary N) is 3. The number of aryl methyl sites for hydroxylation is 1. The van der Waals surface area contributed by atoms with Crippen molar-refractivity contribution in [3.8, 4) is 10.4 Å². The maximum absolute atomic E-state index is 13.5. The van der Waals surface area contributed by atoms with Crippen molar-refractivity contribution in [3.63, 3.8) is 0 Å². The first-order valence-electron chi connectivity index (χ1n) is 13.1. The van der Waals surface area contributed by atoms with Gasteiger partial charge < -0.3 is 26.0 Å². The number of aromatic nitrogens is 1. The van der Waals surface area contributed by atoms with Crippen LogP contribution in [0.4, 0.5) is 5.69 Å². The van der Waals surface area contributed by atoms with E-state index in [9.17, 15) is 19.5 Å². The molecule has 0 aliphatic carbocycles. The minimum atomic E-state index is -0.834. The van der Waals surface area contributed by atoms with Crippen molar-refractivity contribution in [2.75, 3.05) is 11.9 Å². The lowest BCUT2D eigenvalue weighted by Crippen LogP contribution is -2.57. The monoisotopic (exact) mass is 543 g/mol. The summed E-state index contributed by atoms with van der Waals surface area (Å²) in [6, 6.07) is 4.28. The molecule has 2 heterocycles. The van der Waals surface area contributed by atoms with Gasteiger partial charge in [-0.2, -0.15) is 0 Å². The lowest BCUT2D eigenvalue weighted by Gasteiger charge is -2.35. The second-order valence-corrected chi connectivity index (χ2v) is 12.3. The van der Waals surface area contributed by atoms with Gasteiger partial charge in [0.05, 0.1) is 28.2 Å². The van der Waals surface area contributed by atoms with E-state index in [1.807, 2.05) is 52.3 Å². The van der Waals surface area contributed by atoms with Crippen LogP contribution in [0.25, 0.3) is 10.4 Å². The molecule has 1 aromatic heterocycles. The van der Waals surface area contributed by atoms with Gasteiger partial charge >= 0.3 is 0 Å². The standard InChI is InChI=1S/C28H41N5O4S/c1-15(2)30-22-11-19(24-17(4)29-14-38-24)9-10-21(22)16(3)31-26(36)23-12-20(35)13-33(23)27(37)25(28(6,7)8)32-18(5)34/h9-11,14-16,20,23,25,30,35H,12-13H2,1-8H3,(H,31,36)(H,32,34)/t16-,20+,23-,25+/m0/s1. The smallest absolute Gasteiger partial charge is 0.246 e. The molecule has 10 heteroatoms. The minimum absolute atomic E-state index is 0.0422. The van der Waals surface area contributed by atoms with Gasteiger partial charge in [0.1, 0.15) is 12.1 Å². The summed E-state index contributed by atoms with van der Waals surface area (Å²) in [6.07, 6.45) is -0.676. The molecule has 1 saturated heterocycles. The molecule has 3 rings (SSSR count). The average molecular weight is 544 g/mol. The topological polar surface area (TPSA) is 124 Å². The molecule has 9 nitrogen and oxygen atoms in total. The van der Waals surface area contributed by atoms with E-state index in [0.29, 0.717) is 0 Å². The van der Waals surface area contributed by atoms with Crippen LogP contribution in [0.5, 0.6) is 0 Å². The maximum Gasteiger partial charge on any atom is 0.246 e. The van der Waals surface area contributed by atoms with Crippen LogP contribution in [0.3, 0.4) is 0 Å². The van der Waals surface area contributed by atoms with E-state index in [2.05, 4.69) is 40.8 Å². The molecule has 2 aromatic rings. The zero-order valence-corrected chi connectivity index (χ0v) is 24.4. The van der Waals surface area contributed by atoms with E-state index >= 15 is 0 Å². The Kier molecular flexibility index (Phi) is 9.20. The highest BCUT2D eigenvalue weighted by Gasteiger charge is 2.44. The van der Waals surface area contributed by atoms with Crippen molar-refractivity contribution in [2.45, 2.75) is 92.1 Å². The van der Waals surface area contributed by atoms with Crippen molar-refractivity contribution < 1.29 is 19.5 Å². The number of aliphatic hydroxyl groups is 1. The number of hydrogen-bond acceptors (Lipinski definition) is 7. The number of hydrogen-bond donors (Lipinski definition) is 4. The summed E-state index contributed by atoms with van der Waals surface area (Å²) in [5.74, 6) is -1.03. The van der Waals surface area contributed by atoms with Gasteiger partial charge in [0.15, 0.2) is 0 Å². The summed E-state index contributed by atoms with van der Waals surface area (Å²) >= 11 is 1.59. The third kappa shape index (κ3) is 6.91. The summed E-state index contributed by atoms with van der Waals surface area (Å²) in [5, 5.41) is 19.7. The normalized spacial score (nSPS) is 19.3. The summed E-state index contributed by atoms with van der Waals surface area (Å²) in [5.41, 5.74) is 5.11. The zero-order chi connectivity index (χ0) is 28.4. The Morgan fingerprint density at radius 1 is 1.16 bits per heavy atom. The molecule has 1 aliphatic heterocycles. The van der Waals surface area contributed by atoms with Crippen LogP contribution < -0.4 is 16.0 Å². The molecule has 0 saturated carbocycles. The van der Waals surface area contributed by atoms with Gasteiger partial charge in [-0.3, -0.25) is 14.4 Å². The molecule has 1 fully saturated rings. The number of likely N-dealkylation sites (tertiary alicyclic amines) is 1. The minimum Gasteiger partial charge on any atom is -0.391 e. The molecule has 38 heavy (non-hydrogen) atoms. The van der Waals surface area contributed by atoms with Crippen LogP contribution in [0, 0.1) is 12.3 Å². The van der Waals surface area contributed by atoms with E-state index in [1.165, 1.54) is 11.8 Å². The van der Waals surface area contributed by atoms with Gasteiger partial charge in [0, 0.05) is 31.6 Å². The van der Waals surface area contributed by atoms with Crippen molar-refractivity contribution in [1.82, 2.24) is 20.5 Å². The molecule has 1 aromatic carbocycles. The number of thiazole rings is 1. The van der Waals surface area contributed by atoms with Crippen LogP contribution in [0.2, 0.25) is 0 Å². The molecule has 0 spiro atoms. The Balaban J connectivity index is 1.84. The number of carbonyl (C=O) groups excluding carboxylic acids is 3. The van der Waals surface area contributed by atoms with E-state index in [1.54, 1.807) is 11.3 Å². The Hall–Kier alpha value is -2.98. The fraction of sp³-hybridized carbons (Fsp3) is 0.571. The summed E-state index contributed by atoms with van der Waals surface area (Å²) < 4.78 is 0. The van der Waals surface area contributed by atoms with Gasteiger partial charge in [-0.15, -0.1) is 11.3 Å². The van der Waals surface area contributed by atoms with E-state index in [4.69, 9.17) is 0 Å². The van der Waals surface area contributed by atoms with Gasteiger partial charge in [-0.1, -0.05) is 32.9 Å². The van der Waals surface area contributed by atoms with Crippen molar-refractivity contribution in [2.24, 2.45) is 5.41 Å². The van der Waals surface area contributed by atoms with E-state index < -0.39 is 23.6 Å². The first-order chi connectivity index (χ1) is 17.7. The fourth-order valence-corrected chi connectivity index (χ4v) is 5.60. The van der Waals surface area contributed by atoms with Gasteiger partial charge in [-0.25, -0.2) is 4.98 Å². The van der Waals surface area contributed by atoms with E-state index in [0.717, 1.165) is 27.4 Å². The lowest BCUT2D eigenvalue weighted by molar-refractivity contribution is -0.144. The van der Waals surface area contributed by atoms with Crippen LogP contribution >= 0.6 is 11.3 Å². The molecule has 4 N–H and O–H groups in total. The predicted molar refractivity (Wildman–Crippen MR) is 151 cm³/mol. The van der Waals surface area contributed by atoms with Crippen LogP contribution in [0.15, 0.2) is 23.7 Å². The summed E-state index contributed by atoms with van der Waals surface area (Å²) in [6.45, 7) is 15.0. The second-order valence-electron chi connectivity index (χ2n) is 11.5.